The van der Waals surface area contributed by atoms with Gasteiger partial charge in [0.1, 0.15) is 0 Å². The standard InChI is InChI=1S/C19H29N3OS2/c1-15-16(2)25-11-8-22(15)14-19(23)20-18-5-3-4-17(12-18)13-21-6-9-24-10-7-21/h3-5,12,15-16H,6-11,13-14H2,1-2H3,(H,20,23). The van der Waals surface area contributed by atoms with E-state index in [2.05, 4.69) is 41.1 Å². The number of carbonyl (C=O) groups excluding carboxylic acids is 1. The molecule has 2 unspecified atom stereocenters. The number of thioether (sulfide) groups is 2. The van der Waals surface area contributed by atoms with E-state index in [1.54, 1.807) is 0 Å². The van der Waals surface area contributed by atoms with Crippen molar-refractivity contribution in [1.82, 2.24) is 9.80 Å². The highest BCUT2D eigenvalue weighted by Gasteiger charge is 2.26. The third-order valence-corrected chi connectivity index (χ3v) is 7.36. The molecule has 6 heteroatoms. The number of nitrogens with zero attached hydrogens (tertiary/aromatic N) is 2. The number of anilines is 1. The molecule has 4 nitrogen and oxygen atoms in total. The van der Waals surface area contributed by atoms with Gasteiger partial charge in [-0.05, 0) is 24.6 Å². The molecule has 2 aliphatic heterocycles. The van der Waals surface area contributed by atoms with E-state index in [-0.39, 0.29) is 5.91 Å². The van der Waals surface area contributed by atoms with Gasteiger partial charge in [0, 0.05) is 60.4 Å². The van der Waals surface area contributed by atoms with Crippen molar-refractivity contribution >= 4 is 35.1 Å². The summed E-state index contributed by atoms with van der Waals surface area (Å²) in [5, 5.41) is 3.68. The van der Waals surface area contributed by atoms with E-state index in [4.69, 9.17) is 0 Å². The first-order chi connectivity index (χ1) is 12.1. The minimum atomic E-state index is 0.0949. The molecule has 0 aliphatic carbocycles. The second kappa shape index (κ2) is 9.31. The molecule has 0 spiro atoms. The molecule has 2 saturated heterocycles. The Morgan fingerprint density at radius 1 is 1.20 bits per heavy atom. The number of benzene rings is 1. The smallest absolute Gasteiger partial charge is 0.238 e. The van der Waals surface area contributed by atoms with Crippen molar-refractivity contribution < 1.29 is 4.79 Å². The zero-order valence-corrected chi connectivity index (χ0v) is 16.9. The lowest BCUT2D eigenvalue weighted by atomic mass is 10.1. The Kier molecular flexibility index (Phi) is 7.10. The molecule has 2 aliphatic rings. The second-order valence-corrected chi connectivity index (χ2v) is 9.63. The van der Waals surface area contributed by atoms with Gasteiger partial charge in [-0.1, -0.05) is 19.1 Å². The largest absolute Gasteiger partial charge is 0.325 e. The molecule has 2 heterocycles. The van der Waals surface area contributed by atoms with Crippen molar-refractivity contribution in [2.24, 2.45) is 0 Å². The monoisotopic (exact) mass is 379 g/mol. The summed E-state index contributed by atoms with van der Waals surface area (Å²) in [7, 11) is 0. The number of hydrogen-bond donors (Lipinski definition) is 1. The van der Waals surface area contributed by atoms with Crippen molar-refractivity contribution in [3.63, 3.8) is 0 Å². The van der Waals surface area contributed by atoms with Gasteiger partial charge in [0.15, 0.2) is 0 Å². The minimum absolute atomic E-state index is 0.0949. The van der Waals surface area contributed by atoms with Gasteiger partial charge in [0.25, 0.3) is 0 Å². The molecule has 1 amide bonds. The van der Waals surface area contributed by atoms with Gasteiger partial charge in [0.05, 0.1) is 6.54 Å². The van der Waals surface area contributed by atoms with Gasteiger partial charge in [-0.3, -0.25) is 14.6 Å². The van der Waals surface area contributed by atoms with Gasteiger partial charge < -0.3 is 5.32 Å². The van der Waals surface area contributed by atoms with E-state index < -0.39 is 0 Å². The molecule has 2 atom stereocenters. The highest BCUT2D eigenvalue weighted by Crippen LogP contribution is 2.24. The summed E-state index contributed by atoms with van der Waals surface area (Å²) < 4.78 is 0. The van der Waals surface area contributed by atoms with Crippen LogP contribution in [0.25, 0.3) is 0 Å². The van der Waals surface area contributed by atoms with Crippen LogP contribution in [0.15, 0.2) is 24.3 Å². The Bertz CT molecular complexity index is 578. The summed E-state index contributed by atoms with van der Waals surface area (Å²) in [6.07, 6.45) is 0. The summed E-state index contributed by atoms with van der Waals surface area (Å²) >= 11 is 4.03. The topological polar surface area (TPSA) is 35.6 Å². The Balaban J connectivity index is 1.53. The van der Waals surface area contributed by atoms with E-state index in [1.807, 2.05) is 35.7 Å². The number of carbonyl (C=O) groups is 1. The Morgan fingerprint density at radius 2 is 2.00 bits per heavy atom. The van der Waals surface area contributed by atoms with Crippen LogP contribution in [-0.4, -0.2) is 70.4 Å². The van der Waals surface area contributed by atoms with E-state index in [0.717, 1.165) is 37.6 Å². The highest BCUT2D eigenvalue weighted by atomic mass is 32.2. The summed E-state index contributed by atoms with van der Waals surface area (Å²) in [6.45, 7) is 9.25. The molecule has 0 aromatic heterocycles. The van der Waals surface area contributed by atoms with Crippen LogP contribution in [0.4, 0.5) is 5.69 Å². The molecule has 0 saturated carbocycles. The van der Waals surface area contributed by atoms with Crippen LogP contribution in [0.5, 0.6) is 0 Å². The van der Waals surface area contributed by atoms with Gasteiger partial charge in [-0.2, -0.15) is 23.5 Å². The fourth-order valence-corrected chi connectivity index (χ4v) is 5.51. The van der Waals surface area contributed by atoms with Crippen LogP contribution in [0.1, 0.15) is 19.4 Å². The predicted octanol–water partition coefficient (Wildman–Crippen LogP) is 3.00. The minimum Gasteiger partial charge on any atom is -0.325 e. The predicted molar refractivity (Wildman–Crippen MR) is 111 cm³/mol. The summed E-state index contributed by atoms with van der Waals surface area (Å²) in [4.78, 5) is 17.3. The second-order valence-electron chi connectivity index (χ2n) is 6.92. The van der Waals surface area contributed by atoms with Crippen molar-refractivity contribution in [1.29, 1.82) is 0 Å². The van der Waals surface area contributed by atoms with E-state index >= 15 is 0 Å². The lowest BCUT2D eigenvalue weighted by Crippen LogP contribution is -2.47. The maximum absolute atomic E-state index is 12.5. The lowest BCUT2D eigenvalue weighted by Gasteiger charge is -2.36. The molecular formula is C19H29N3OS2. The molecule has 1 aromatic rings. The van der Waals surface area contributed by atoms with Crippen LogP contribution >= 0.6 is 23.5 Å². The number of amides is 1. The fourth-order valence-electron chi connectivity index (χ4n) is 3.37. The molecule has 0 bridgehead atoms. The van der Waals surface area contributed by atoms with Crippen LogP contribution in [-0.2, 0) is 11.3 Å². The molecule has 138 valence electrons. The number of nitrogens with one attached hydrogen (secondary N) is 1. The Hall–Kier alpha value is -0.690. The highest BCUT2D eigenvalue weighted by molar-refractivity contribution is 8.00. The lowest BCUT2D eigenvalue weighted by molar-refractivity contribution is -0.117. The first-order valence-electron chi connectivity index (χ1n) is 9.16. The quantitative estimate of drug-likeness (QED) is 0.851. The Morgan fingerprint density at radius 3 is 2.80 bits per heavy atom. The van der Waals surface area contributed by atoms with Crippen molar-refractivity contribution in [2.45, 2.75) is 31.7 Å². The summed E-state index contributed by atoms with van der Waals surface area (Å²) in [6, 6.07) is 8.77. The average Bonchev–Trinajstić information content (AvgIpc) is 2.60. The molecule has 0 radical (unpaired) electrons. The number of hydrogen-bond acceptors (Lipinski definition) is 5. The molecule has 1 aromatic carbocycles. The Labute approximate surface area is 160 Å². The first kappa shape index (κ1) is 19.1. The maximum atomic E-state index is 12.5. The van der Waals surface area contributed by atoms with Gasteiger partial charge in [0.2, 0.25) is 5.91 Å². The maximum Gasteiger partial charge on any atom is 0.238 e. The molecule has 1 N–H and O–H groups in total. The first-order valence-corrected chi connectivity index (χ1v) is 11.4. The summed E-state index contributed by atoms with van der Waals surface area (Å²) in [5.74, 6) is 3.66. The van der Waals surface area contributed by atoms with Crippen molar-refractivity contribution in [3.05, 3.63) is 29.8 Å². The van der Waals surface area contributed by atoms with Crippen LogP contribution in [0.3, 0.4) is 0 Å². The molecule has 3 rings (SSSR count). The van der Waals surface area contributed by atoms with E-state index in [0.29, 0.717) is 17.8 Å². The van der Waals surface area contributed by atoms with E-state index in [1.165, 1.54) is 17.1 Å². The van der Waals surface area contributed by atoms with Crippen LogP contribution < -0.4 is 5.32 Å². The SMILES string of the molecule is CC1SCCN(CC(=O)Nc2cccc(CN3CCSCC3)c2)C1C. The third-order valence-electron chi connectivity index (χ3n) is 5.08. The van der Waals surface area contributed by atoms with E-state index in [9.17, 15) is 4.79 Å². The average molecular weight is 380 g/mol. The third kappa shape index (κ3) is 5.64. The zero-order valence-electron chi connectivity index (χ0n) is 15.2. The normalized spacial score (nSPS) is 25.7. The van der Waals surface area contributed by atoms with Gasteiger partial charge >= 0.3 is 0 Å². The van der Waals surface area contributed by atoms with Crippen molar-refractivity contribution in [2.75, 3.05) is 48.8 Å². The van der Waals surface area contributed by atoms with Crippen LogP contribution in [0, 0.1) is 0 Å². The fraction of sp³-hybridized carbons (Fsp3) is 0.632. The molecule has 25 heavy (non-hydrogen) atoms. The molecular weight excluding hydrogens is 350 g/mol. The van der Waals surface area contributed by atoms with Crippen LogP contribution in [0.2, 0.25) is 0 Å². The summed E-state index contributed by atoms with van der Waals surface area (Å²) in [5.41, 5.74) is 2.20. The van der Waals surface area contributed by atoms with Gasteiger partial charge in [-0.15, -0.1) is 0 Å². The zero-order chi connectivity index (χ0) is 17.6. The van der Waals surface area contributed by atoms with Crippen molar-refractivity contribution in [3.8, 4) is 0 Å². The number of rotatable bonds is 5. The van der Waals surface area contributed by atoms with Gasteiger partial charge in [-0.25, -0.2) is 0 Å². The molecule has 2 fully saturated rings.